The molecule has 27 heavy (non-hydrogen) atoms. The molecule has 0 spiro atoms. The van der Waals surface area contributed by atoms with Gasteiger partial charge in [0.1, 0.15) is 6.61 Å². The number of nitrogens with zero attached hydrogens (tertiary/aromatic N) is 1. The molecule has 5 rings (SSSR count). The smallest absolute Gasteiger partial charge is 0.337 e. The fourth-order valence-electron chi connectivity index (χ4n) is 4.13. The molecule has 4 heteroatoms. The van der Waals surface area contributed by atoms with Crippen LogP contribution in [0.1, 0.15) is 17.0 Å². The molecule has 2 heterocycles. The summed E-state index contributed by atoms with van der Waals surface area (Å²) in [6, 6.07) is 21.0. The third-order valence-electron chi connectivity index (χ3n) is 5.47. The largest absolute Gasteiger partial charge is 0.456 e. The van der Waals surface area contributed by atoms with E-state index in [9.17, 15) is 4.79 Å². The van der Waals surface area contributed by atoms with Gasteiger partial charge in [-0.2, -0.15) is 0 Å². The summed E-state index contributed by atoms with van der Waals surface area (Å²) in [7, 11) is 4.05. The summed E-state index contributed by atoms with van der Waals surface area (Å²) >= 11 is 0. The lowest BCUT2D eigenvalue weighted by molar-refractivity contribution is -0.136. The monoisotopic (exact) mass is 356 g/mol. The molecule has 1 N–H and O–H groups in total. The normalized spacial score (nSPS) is 18.0. The van der Waals surface area contributed by atoms with E-state index in [-0.39, 0.29) is 11.9 Å². The Bertz CT molecular complexity index is 1100. The quantitative estimate of drug-likeness (QED) is 0.696. The minimum absolute atomic E-state index is 0.131. The van der Waals surface area contributed by atoms with Crippen molar-refractivity contribution in [1.82, 2.24) is 0 Å². The summed E-state index contributed by atoms with van der Waals surface area (Å²) in [6.07, 6.45) is 0. The minimum atomic E-state index is -0.224. The Morgan fingerprint density at radius 1 is 1.00 bits per heavy atom. The lowest BCUT2D eigenvalue weighted by Gasteiger charge is -2.29. The molecule has 0 fully saturated rings. The van der Waals surface area contributed by atoms with Crippen molar-refractivity contribution >= 4 is 28.1 Å². The number of esters is 1. The molecule has 0 amide bonds. The van der Waals surface area contributed by atoms with Gasteiger partial charge >= 0.3 is 5.97 Å². The highest BCUT2D eigenvalue weighted by atomic mass is 16.5. The van der Waals surface area contributed by atoms with E-state index in [1.54, 1.807) is 0 Å². The van der Waals surface area contributed by atoms with E-state index in [1.807, 2.05) is 26.2 Å². The van der Waals surface area contributed by atoms with Crippen molar-refractivity contribution in [3.8, 4) is 0 Å². The van der Waals surface area contributed by atoms with Gasteiger partial charge in [-0.3, -0.25) is 0 Å². The van der Waals surface area contributed by atoms with Gasteiger partial charge in [0.2, 0.25) is 0 Å². The van der Waals surface area contributed by atoms with E-state index in [4.69, 9.17) is 4.74 Å². The third kappa shape index (κ3) is 2.40. The first-order valence-electron chi connectivity index (χ1n) is 9.09. The Kier molecular flexibility index (Phi) is 3.47. The van der Waals surface area contributed by atoms with Crippen LogP contribution in [-0.2, 0) is 9.53 Å². The van der Waals surface area contributed by atoms with Gasteiger partial charge in [0.05, 0.1) is 11.3 Å². The Labute approximate surface area is 158 Å². The van der Waals surface area contributed by atoms with Gasteiger partial charge in [-0.25, -0.2) is 4.79 Å². The number of ether oxygens (including phenoxy) is 1. The van der Waals surface area contributed by atoms with E-state index >= 15 is 0 Å². The first-order chi connectivity index (χ1) is 13.1. The van der Waals surface area contributed by atoms with Gasteiger partial charge in [0.25, 0.3) is 0 Å². The summed E-state index contributed by atoms with van der Waals surface area (Å²) in [5.74, 6) is -0.355. The number of carbonyl (C=O) groups excluding carboxylic acids is 1. The Morgan fingerprint density at radius 3 is 2.56 bits per heavy atom. The van der Waals surface area contributed by atoms with Gasteiger partial charge < -0.3 is 15.0 Å². The average molecular weight is 356 g/mol. The lowest BCUT2D eigenvalue weighted by atomic mass is 9.79. The molecule has 0 radical (unpaired) electrons. The zero-order valence-corrected chi connectivity index (χ0v) is 15.3. The molecule has 0 saturated carbocycles. The zero-order valence-electron chi connectivity index (χ0n) is 15.3. The Balaban J connectivity index is 1.77. The molecule has 3 aromatic carbocycles. The average Bonchev–Trinajstić information content (AvgIpc) is 3.06. The zero-order chi connectivity index (χ0) is 18.5. The number of fused-ring (bicyclic) bond motifs is 3. The SMILES string of the molecule is CN(C)c1ccc(C2C3=C(COC3=O)Nc3ccc4ccccc4c32)cc1. The topological polar surface area (TPSA) is 41.6 Å². The molecule has 0 bridgehead atoms. The molecular weight excluding hydrogens is 336 g/mol. The molecule has 1 unspecified atom stereocenters. The van der Waals surface area contributed by atoms with Crippen molar-refractivity contribution in [2.45, 2.75) is 5.92 Å². The first-order valence-corrected chi connectivity index (χ1v) is 9.09. The standard InChI is InChI=1S/C23H20N2O2/c1-25(2)16-10-7-15(8-11-16)20-21-17-6-4-3-5-14(17)9-12-18(21)24-19-13-27-23(26)22(19)20/h3-12,20,24H,13H2,1-2H3. The predicted molar refractivity (Wildman–Crippen MR) is 108 cm³/mol. The predicted octanol–water partition coefficient (Wildman–Crippen LogP) is 4.27. The van der Waals surface area contributed by atoms with E-state index in [1.165, 1.54) is 5.39 Å². The summed E-state index contributed by atoms with van der Waals surface area (Å²) in [6.45, 7) is 0.312. The second-order valence-electron chi connectivity index (χ2n) is 7.26. The maximum atomic E-state index is 12.6. The van der Waals surface area contributed by atoms with Crippen molar-refractivity contribution in [3.63, 3.8) is 0 Å². The van der Waals surface area contributed by atoms with Gasteiger partial charge in [-0.15, -0.1) is 0 Å². The van der Waals surface area contributed by atoms with Crippen LogP contribution in [0, 0.1) is 0 Å². The molecule has 134 valence electrons. The van der Waals surface area contributed by atoms with Crippen LogP contribution in [0.5, 0.6) is 0 Å². The second kappa shape index (κ2) is 5.88. The van der Waals surface area contributed by atoms with Gasteiger partial charge in [-0.1, -0.05) is 42.5 Å². The molecule has 2 aliphatic rings. The van der Waals surface area contributed by atoms with Crippen molar-refractivity contribution < 1.29 is 9.53 Å². The van der Waals surface area contributed by atoms with Gasteiger partial charge in [-0.05, 0) is 40.1 Å². The molecule has 2 aliphatic heterocycles. The Morgan fingerprint density at radius 2 is 1.78 bits per heavy atom. The van der Waals surface area contributed by atoms with Crippen LogP contribution in [0.15, 0.2) is 71.9 Å². The summed E-state index contributed by atoms with van der Waals surface area (Å²) in [5.41, 5.74) is 6.04. The number of rotatable bonds is 2. The van der Waals surface area contributed by atoms with Crippen LogP contribution in [-0.4, -0.2) is 26.7 Å². The summed E-state index contributed by atoms with van der Waals surface area (Å²) in [5, 5.41) is 5.77. The maximum absolute atomic E-state index is 12.6. The summed E-state index contributed by atoms with van der Waals surface area (Å²) < 4.78 is 5.37. The van der Waals surface area contributed by atoms with Crippen molar-refractivity contribution in [2.24, 2.45) is 0 Å². The van der Waals surface area contributed by atoms with Crippen molar-refractivity contribution in [1.29, 1.82) is 0 Å². The van der Waals surface area contributed by atoms with Crippen molar-refractivity contribution in [2.75, 3.05) is 30.9 Å². The van der Waals surface area contributed by atoms with E-state index in [0.29, 0.717) is 6.61 Å². The minimum Gasteiger partial charge on any atom is -0.456 e. The highest BCUT2D eigenvalue weighted by Crippen LogP contribution is 2.47. The highest BCUT2D eigenvalue weighted by molar-refractivity contribution is 6.01. The lowest BCUT2D eigenvalue weighted by Crippen LogP contribution is -2.20. The number of nitrogens with one attached hydrogen (secondary N) is 1. The third-order valence-corrected chi connectivity index (χ3v) is 5.47. The van der Waals surface area contributed by atoms with Crippen molar-refractivity contribution in [3.05, 3.63) is 83.1 Å². The van der Waals surface area contributed by atoms with Crippen LogP contribution in [0.4, 0.5) is 11.4 Å². The maximum Gasteiger partial charge on any atom is 0.337 e. The number of carbonyl (C=O) groups is 1. The first kappa shape index (κ1) is 15.9. The second-order valence-corrected chi connectivity index (χ2v) is 7.26. The Hall–Kier alpha value is -3.27. The molecule has 0 aliphatic carbocycles. The highest BCUT2D eigenvalue weighted by Gasteiger charge is 2.39. The van der Waals surface area contributed by atoms with Crippen LogP contribution < -0.4 is 10.2 Å². The van der Waals surface area contributed by atoms with Gasteiger partial charge in [0, 0.05) is 31.4 Å². The summed E-state index contributed by atoms with van der Waals surface area (Å²) in [4.78, 5) is 14.7. The molecule has 1 atom stereocenters. The number of hydrogen-bond acceptors (Lipinski definition) is 4. The van der Waals surface area contributed by atoms with Crippen LogP contribution in [0.3, 0.4) is 0 Å². The molecule has 0 aromatic heterocycles. The van der Waals surface area contributed by atoms with Crippen LogP contribution in [0.25, 0.3) is 10.8 Å². The van der Waals surface area contributed by atoms with Crippen LogP contribution in [0.2, 0.25) is 0 Å². The fraction of sp³-hybridized carbons (Fsp3) is 0.174. The molecule has 4 nitrogen and oxygen atoms in total. The number of cyclic esters (lactones) is 1. The number of anilines is 2. The van der Waals surface area contributed by atoms with Crippen LogP contribution >= 0.6 is 0 Å². The number of benzene rings is 3. The number of hydrogen-bond donors (Lipinski definition) is 1. The fourth-order valence-corrected chi connectivity index (χ4v) is 4.13. The van der Waals surface area contributed by atoms with E-state index < -0.39 is 0 Å². The van der Waals surface area contributed by atoms with E-state index in [0.717, 1.165) is 39.2 Å². The molecular formula is C23H20N2O2. The molecule has 0 saturated heterocycles. The molecule has 3 aromatic rings. The van der Waals surface area contributed by atoms with E-state index in [2.05, 4.69) is 58.7 Å². The van der Waals surface area contributed by atoms with Gasteiger partial charge in [0.15, 0.2) is 0 Å².